The molecule has 1 aromatic carbocycles. The van der Waals surface area contributed by atoms with Crippen LogP contribution in [0.3, 0.4) is 0 Å². The number of nitrogens with zero attached hydrogens (tertiary/aromatic N) is 2. The number of hydrogen-bond donors (Lipinski definition) is 1. The van der Waals surface area contributed by atoms with Gasteiger partial charge in [-0.25, -0.2) is 9.97 Å². The molecule has 5 nitrogen and oxygen atoms in total. The van der Waals surface area contributed by atoms with E-state index >= 15 is 0 Å². The molecule has 0 bridgehead atoms. The van der Waals surface area contributed by atoms with Crippen LogP contribution < -0.4 is 14.8 Å². The molecule has 0 saturated heterocycles. The summed E-state index contributed by atoms with van der Waals surface area (Å²) in [5.41, 5.74) is 2.17. The molecule has 1 aliphatic heterocycles. The molecule has 3 rings (SSSR count). The van der Waals surface area contributed by atoms with E-state index < -0.39 is 0 Å². The Morgan fingerprint density at radius 3 is 3.00 bits per heavy atom. The Kier molecular flexibility index (Phi) is 3.41. The van der Waals surface area contributed by atoms with E-state index in [4.69, 9.17) is 9.47 Å². The number of nitrogens with one attached hydrogen (secondary N) is 1. The zero-order chi connectivity index (χ0) is 13.9. The van der Waals surface area contributed by atoms with Crippen LogP contribution in [0.15, 0.2) is 30.6 Å². The van der Waals surface area contributed by atoms with E-state index in [0.717, 1.165) is 23.6 Å². The van der Waals surface area contributed by atoms with Crippen LogP contribution in [-0.2, 0) is 6.42 Å². The Labute approximate surface area is 118 Å². The van der Waals surface area contributed by atoms with Crippen LogP contribution in [0.1, 0.15) is 11.1 Å². The van der Waals surface area contributed by atoms with Gasteiger partial charge in [-0.15, -0.1) is 0 Å². The minimum Gasteiger partial charge on any atom is -0.488 e. The molecule has 1 N–H and O–H groups in total. The van der Waals surface area contributed by atoms with Gasteiger partial charge in [0.1, 0.15) is 24.0 Å². The summed E-state index contributed by atoms with van der Waals surface area (Å²) in [6.07, 6.45) is 2.55. The van der Waals surface area contributed by atoms with Gasteiger partial charge in [0, 0.05) is 6.42 Å². The zero-order valence-corrected chi connectivity index (χ0v) is 11.6. The molecule has 1 unspecified atom stereocenters. The number of benzene rings is 1. The van der Waals surface area contributed by atoms with E-state index in [1.165, 1.54) is 11.9 Å². The van der Waals surface area contributed by atoms with E-state index in [9.17, 15) is 0 Å². The maximum absolute atomic E-state index is 5.89. The van der Waals surface area contributed by atoms with Gasteiger partial charge in [-0.1, -0.05) is 18.2 Å². The smallest absolute Gasteiger partial charge is 0.221 e. The molecule has 1 aliphatic rings. The van der Waals surface area contributed by atoms with Crippen molar-refractivity contribution in [2.45, 2.75) is 19.4 Å². The lowest BCUT2D eigenvalue weighted by Gasteiger charge is -2.14. The monoisotopic (exact) mass is 271 g/mol. The summed E-state index contributed by atoms with van der Waals surface area (Å²) in [7, 11) is 1.61. The zero-order valence-electron chi connectivity index (χ0n) is 11.6. The third kappa shape index (κ3) is 2.39. The van der Waals surface area contributed by atoms with Gasteiger partial charge in [-0.3, -0.25) is 0 Å². The fraction of sp³-hybridized carbons (Fsp3) is 0.333. The van der Waals surface area contributed by atoms with Crippen LogP contribution in [0.25, 0.3) is 0 Å². The first-order valence-electron chi connectivity index (χ1n) is 6.62. The molecular formula is C15H17N3O2. The summed E-state index contributed by atoms with van der Waals surface area (Å²) in [4.78, 5) is 8.30. The van der Waals surface area contributed by atoms with Crippen molar-refractivity contribution >= 4 is 5.82 Å². The second-order valence-corrected chi connectivity index (χ2v) is 4.79. The number of anilines is 1. The highest BCUT2D eigenvalue weighted by Crippen LogP contribution is 2.28. The average Bonchev–Trinajstić information content (AvgIpc) is 2.89. The van der Waals surface area contributed by atoms with Crippen molar-refractivity contribution in [2.24, 2.45) is 0 Å². The van der Waals surface area contributed by atoms with Crippen LogP contribution in [0.5, 0.6) is 11.6 Å². The van der Waals surface area contributed by atoms with Crippen LogP contribution in [0.2, 0.25) is 0 Å². The highest BCUT2D eigenvalue weighted by Gasteiger charge is 2.22. The third-order valence-corrected chi connectivity index (χ3v) is 3.44. The molecule has 0 saturated carbocycles. The number of methoxy groups -OCH3 is 1. The van der Waals surface area contributed by atoms with Crippen molar-refractivity contribution in [1.82, 2.24) is 9.97 Å². The quantitative estimate of drug-likeness (QED) is 0.924. The van der Waals surface area contributed by atoms with Crippen molar-refractivity contribution in [1.29, 1.82) is 0 Å². The van der Waals surface area contributed by atoms with E-state index in [2.05, 4.69) is 21.4 Å². The topological polar surface area (TPSA) is 56.3 Å². The normalized spacial score (nSPS) is 16.4. The van der Waals surface area contributed by atoms with Crippen LogP contribution in [0, 0.1) is 6.92 Å². The largest absolute Gasteiger partial charge is 0.488 e. The lowest BCUT2D eigenvalue weighted by molar-refractivity contribution is 0.246. The van der Waals surface area contributed by atoms with Crippen LogP contribution in [0.4, 0.5) is 5.82 Å². The standard InChI is InChI=1S/C15H17N3O2/c1-10-14(17-9-18-15(10)19-2)16-8-12-7-11-5-3-4-6-13(11)20-12/h3-6,9,12H,7-8H2,1-2H3,(H,16,17,18). The molecule has 0 fully saturated rings. The Morgan fingerprint density at radius 2 is 2.20 bits per heavy atom. The van der Waals surface area contributed by atoms with Gasteiger partial charge in [-0.2, -0.15) is 0 Å². The molecule has 0 aliphatic carbocycles. The summed E-state index contributed by atoms with van der Waals surface area (Å²) >= 11 is 0. The van der Waals surface area contributed by atoms with Gasteiger partial charge in [0.15, 0.2) is 0 Å². The van der Waals surface area contributed by atoms with Crippen molar-refractivity contribution in [2.75, 3.05) is 19.0 Å². The van der Waals surface area contributed by atoms with Gasteiger partial charge >= 0.3 is 0 Å². The lowest BCUT2D eigenvalue weighted by Crippen LogP contribution is -2.24. The second kappa shape index (κ2) is 5.36. The molecule has 2 aromatic rings. The summed E-state index contributed by atoms with van der Waals surface area (Å²) in [5, 5.41) is 3.31. The van der Waals surface area contributed by atoms with Crippen molar-refractivity contribution in [3.63, 3.8) is 0 Å². The van der Waals surface area contributed by atoms with Gasteiger partial charge < -0.3 is 14.8 Å². The minimum absolute atomic E-state index is 0.132. The molecule has 5 heteroatoms. The van der Waals surface area contributed by atoms with E-state index in [1.54, 1.807) is 7.11 Å². The average molecular weight is 271 g/mol. The number of hydrogen-bond acceptors (Lipinski definition) is 5. The van der Waals surface area contributed by atoms with Crippen LogP contribution in [-0.4, -0.2) is 29.7 Å². The summed E-state index contributed by atoms with van der Waals surface area (Å²) in [6.45, 7) is 2.64. The van der Waals surface area contributed by atoms with Gasteiger partial charge in [-0.05, 0) is 18.6 Å². The number of aromatic nitrogens is 2. The molecule has 2 heterocycles. The van der Waals surface area contributed by atoms with Crippen LogP contribution >= 0.6 is 0 Å². The SMILES string of the molecule is COc1ncnc(NCC2Cc3ccccc3O2)c1C. The Morgan fingerprint density at radius 1 is 1.35 bits per heavy atom. The number of fused-ring (bicyclic) bond motifs is 1. The highest BCUT2D eigenvalue weighted by atomic mass is 16.5. The maximum Gasteiger partial charge on any atom is 0.221 e. The molecule has 1 atom stereocenters. The predicted molar refractivity (Wildman–Crippen MR) is 76.4 cm³/mol. The number of rotatable bonds is 4. The van der Waals surface area contributed by atoms with Crippen molar-refractivity contribution in [3.05, 3.63) is 41.7 Å². The van der Waals surface area contributed by atoms with Gasteiger partial charge in [0.25, 0.3) is 0 Å². The van der Waals surface area contributed by atoms with Crippen molar-refractivity contribution < 1.29 is 9.47 Å². The first kappa shape index (κ1) is 12.7. The predicted octanol–water partition coefficient (Wildman–Crippen LogP) is 2.21. The first-order valence-corrected chi connectivity index (χ1v) is 6.62. The fourth-order valence-electron chi connectivity index (χ4n) is 2.40. The van der Waals surface area contributed by atoms with E-state index in [0.29, 0.717) is 12.4 Å². The molecule has 0 spiro atoms. The minimum atomic E-state index is 0.132. The molecule has 1 aromatic heterocycles. The number of ether oxygens (including phenoxy) is 2. The lowest BCUT2D eigenvalue weighted by atomic mass is 10.1. The summed E-state index contributed by atoms with van der Waals surface area (Å²) in [5.74, 6) is 2.37. The van der Waals surface area contributed by atoms with Gasteiger partial charge in [0.05, 0.1) is 19.2 Å². The Bertz CT molecular complexity index is 591. The molecular weight excluding hydrogens is 254 g/mol. The Hall–Kier alpha value is -2.30. The molecule has 20 heavy (non-hydrogen) atoms. The molecule has 0 radical (unpaired) electrons. The molecule has 104 valence electrons. The maximum atomic E-state index is 5.89. The summed E-state index contributed by atoms with van der Waals surface area (Å²) in [6, 6.07) is 8.15. The third-order valence-electron chi connectivity index (χ3n) is 3.44. The Balaban J connectivity index is 1.64. The second-order valence-electron chi connectivity index (χ2n) is 4.79. The first-order chi connectivity index (χ1) is 9.78. The summed E-state index contributed by atoms with van der Waals surface area (Å²) < 4.78 is 11.1. The molecule has 0 amide bonds. The van der Waals surface area contributed by atoms with Gasteiger partial charge in [0.2, 0.25) is 5.88 Å². The van der Waals surface area contributed by atoms with E-state index in [-0.39, 0.29) is 6.10 Å². The number of para-hydroxylation sites is 1. The highest BCUT2D eigenvalue weighted by molar-refractivity contribution is 5.48. The van der Waals surface area contributed by atoms with E-state index in [1.807, 2.05) is 25.1 Å². The van der Waals surface area contributed by atoms with Crippen molar-refractivity contribution in [3.8, 4) is 11.6 Å². The fourth-order valence-corrected chi connectivity index (χ4v) is 2.40.